The van der Waals surface area contributed by atoms with Gasteiger partial charge in [-0.15, -0.1) is 0 Å². The number of hydrogen-bond acceptors (Lipinski definition) is 6. The first kappa shape index (κ1) is 21.4. The van der Waals surface area contributed by atoms with Gasteiger partial charge < -0.3 is 25.4 Å². The summed E-state index contributed by atoms with van der Waals surface area (Å²) in [7, 11) is 3.42. The van der Waals surface area contributed by atoms with Gasteiger partial charge >= 0.3 is 5.97 Å². The van der Waals surface area contributed by atoms with Gasteiger partial charge in [-0.05, 0) is 37.4 Å². The molecule has 9 heteroatoms. The second-order valence-electron chi connectivity index (χ2n) is 9.01. The molecule has 4 atom stereocenters. The number of nitrogens with zero attached hydrogens (tertiary/aromatic N) is 3. The molecule has 0 bridgehead atoms. The van der Waals surface area contributed by atoms with Gasteiger partial charge in [-0.1, -0.05) is 12.1 Å². The van der Waals surface area contributed by atoms with Crippen LogP contribution in [0.4, 0.5) is 5.69 Å². The molecule has 4 rings (SSSR count). The van der Waals surface area contributed by atoms with E-state index in [1.54, 1.807) is 19.1 Å². The van der Waals surface area contributed by atoms with E-state index in [4.69, 9.17) is 10.5 Å². The van der Waals surface area contributed by atoms with Gasteiger partial charge in [-0.2, -0.15) is 0 Å². The molecular formula is C22H30N4O5. The zero-order chi connectivity index (χ0) is 22.3. The number of hydrogen-bond donors (Lipinski definition) is 2. The molecule has 3 aliphatic rings. The Hall–Kier alpha value is -2.81. The second-order valence-corrected chi connectivity index (χ2v) is 9.01. The number of para-hydroxylation sites is 2. The molecule has 1 saturated carbocycles. The SMILES string of the molecule is COc1ccccc1N1CCN(C(=O)C2C(C(=O)O)CC3(CC3C(N)=O)CN2C)CC1. The molecule has 9 nitrogen and oxygen atoms in total. The van der Waals surface area contributed by atoms with Crippen molar-refractivity contribution in [2.75, 3.05) is 51.8 Å². The average molecular weight is 431 g/mol. The number of rotatable bonds is 5. The fraction of sp³-hybridized carbons (Fsp3) is 0.591. The van der Waals surface area contributed by atoms with E-state index in [-0.39, 0.29) is 17.7 Å². The minimum atomic E-state index is -0.993. The maximum absolute atomic E-state index is 13.4. The highest BCUT2D eigenvalue weighted by atomic mass is 16.5. The van der Waals surface area contributed by atoms with Crippen LogP contribution in [0.2, 0.25) is 0 Å². The first-order valence-corrected chi connectivity index (χ1v) is 10.7. The number of carbonyl (C=O) groups excluding carboxylic acids is 2. The molecule has 1 aromatic carbocycles. The van der Waals surface area contributed by atoms with Gasteiger partial charge in [0.2, 0.25) is 11.8 Å². The number of anilines is 1. The van der Waals surface area contributed by atoms with E-state index in [0.29, 0.717) is 45.6 Å². The van der Waals surface area contributed by atoms with Crippen molar-refractivity contribution < 1.29 is 24.2 Å². The van der Waals surface area contributed by atoms with Crippen molar-refractivity contribution in [2.24, 2.45) is 23.0 Å². The largest absolute Gasteiger partial charge is 0.495 e. The van der Waals surface area contributed by atoms with Crippen LogP contribution < -0.4 is 15.4 Å². The Morgan fingerprint density at radius 2 is 1.81 bits per heavy atom. The molecule has 168 valence electrons. The Morgan fingerprint density at radius 1 is 1.13 bits per heavy atom. The summed E-state index contributed by atoms with van der Waals surface area (Å²) in [6.45, 7) is 2.84. The average Bonchev–Trinajstić information content (AvgIpc) is 3.45. The van der Waals surface area contributed by atoms with Crippen molar-refractivity contribution in [1.82, 2.24) is 9.80 Å². The number of likely N-dealkylation sites (N-methyl/N-ethyl adjacent to an activating group) is 1. The second kappa shape index (κ2) is 8.03. The number of benzene rings is 1. The van der Waals surface area contributed by atoms with Gasteiger partial charge in [0.05, 0.1) is 18.7 Å². The van der Waals surface area contributed by atoms with Crippen LogP contribution in [0.25, 0.3) is 0 Å². The lowest BCUT2D eigenvalue weighted by Gasteiger charge is -2.44. The standard InChI is InChI=1S/C22H30N4O5/c1-24-13-22(12-15(22)19(23)27)11-14(21(29)30)18(24)20(28)26-9-7-25(8-10-26)16-5-3-4-6-17(16)31-2/h3-6,14-15,18H,7-13H2,1-2H3,(H2,23,27)(H,29,30). The number of ether oxygens (including phenoxy) is 1. The van der Waals surface area contributed by atoms with Crippen molar-refractivity contribution in [3.63, 3.8) is 0 Å². The Balaban J connectivity index is 1.44. The zero-order valence-corrected chi connectivity index (χ0v) is 18.0. The quantitative estimate of drug-likeness (QED) is 0.687. The third-order valence-corrected chi connectivity index (χ3v) is 7.17. The van der Waals surface area contributed by atoms with Crippen LogP contribution >= 0.6 is 0 Å². The highest BCUT2D eigenvalue weighted by Crippen LogP contribution is 2.59. The molecule has 0 aromatic heterocycles. The molecule has 4 unspecified atom stereocenters. The first-order valence-electron chi connectivity index (χ1n) is 10.7. The lowest BCUT2D eigenvalue weighted by Crippen LogP contribution is -2.60. The minimum Gasteiger partial charge on any atom is -0.495 e. The van der Waals surface area contributed by atoms with Gasteiger partial charge in [-0.3, -0.25) is 19.3 Å². The molecule has 2 heterocycles. The summed E-state index contributed by atoms with van der Waals surface area (Å²) in [5.41, 5.74) is 6.06. The fourth-order valence-corrected chi connectivity index (χ4v) is 5.50. The lowest BCUT2D eigenvalue weighted by molar-refractivity contribution is -0.156. The summed E-state index contributed by atoms with van der Waals surface area (Å²) in [5.74, 6) is -1.87. The number of carboxylic acid groups (broad SMARTS) is 1. The maximum Gasteiger partial charge on any atom is 0.308 e. The number of carboxylic acids is 1. The van der Waals surface area contributed by atoms with E-state index in [0.717, 1.165) is 11.4 Å². The highest BCUT2D eigenvalue weighted by Gasteiger charge is 2.63. The van der Waals surface area contributed by atoms with Gasteiger partial charge in [0.15, 0.2) is 0 Å². The van der Waals surface area contributed by atoms with Crippen molar-refractivity contribution in [2.45, 2.75) is 18.9 Å². The molecule has 1 spiro atoms. The molecular weight excluding hydrogens is 400 g/mol. The summed E-state index contributed by atoms with van der Waals surface area (Å²) in [5, 5.41) is 9.87. The van der Waals surface area contributed by atoms with Crippen LogP contribution in [-0.4, -0.2) is 85.6 Å². The number of amides is 2. The van der Waals surface area contributed by atoms with Crippen molar-refractivity contribution in [3.05, 3.63) is 24.3 Å². The monoisotopic (exact) mass is 430 g/mol. The Labute approximate surface area is 181 Å². The maximum atomic E-state index is 13.4. The van der Waals surface area contributed by atoms with E-state index >= 15 is 0 Å². The Morgan fingerprint density at radius 3 is 2.39 bits per heavy atom. The van der Waals surface area contributed by atoms with E-state index in [9.17, 15) is 19.5 Å². The predicted octanol–water partition coefficient (Wildman–Crippen LogP) is 0.240. The van der Waals surface area contributed by atoms with Gasteiger partial charge in [0.1, 0.15) is 11.8 Å². The molecule has 2 amide bonds. The number of likely N-dealkylation sites (tertiary alicyclic amines) is 1. The normalized spacial score (nSPS) is 30.8. The molecule has 0 radical (unpaired) electrons. The predicted molar refractivity (Wildman–Crippen MR) is 114 cm³/mol. The number of primary amides is 1. The van der Waals surface area contributed by atoms with Crippen LogP contribution in [0, 0.1) is 17.3 Å². The third-order valence-electron chi connectivity index (χ3n) is 7.17. The van der Waals surface area contributed by atoms with Crippen LogP contribution in [-0.2, 0) is 14.4 Å². The molecule has 3 N–H and O–H groups in total. The molecule has 2 aliphatic heterocycles. The number of methoxy groups -OCH3 is 1. The fourth-order valence-electron chi connectivity index (χ4n) is 5.50. The van der Waals surface area contributed by atoms with E-state index in [1.165, 1.54) is 0 Å². The minimum absolute atomic E-state index is 0.152. The zero-order valence-electron chi connectivity index (χ0n) is 18.0. The molecule has 31 heavy (non-hydrogen) atoms. The number of aliphatic carboxylic acids is 1. The topological polar surface area (TPSA) is 116 Å². The third kappa shape index (κ3) is 3.82. The number of piperidine rings is 1. The van der Waals surface area contributed by atoms with Crippen LogP contribution in [0.5, 0.6) is 5.75 Å². The summed E-state index contributed by atoms with van der Waals surface area (Å²) in [6.07, 6.45) is 0.923. The molecule has 2 saturated heterocycles. The smallest absolute Gasteiger partial charge is 0.308 e. The van der Waals surface area contributed by atoms with E-state index < -0.39 is 23.3 Å². The van der Waals surface area contributed by atoms with Crippen molar-refractivity contribution in [1.29, 1.82) is 0 Å². The number of nitrogens with two attached hydrogens (primary N) is 1. The summed E-state index contributed by atoms with van der Waals surface area (Å²) >= 11 is 0. The molecule has 1 aliphatic carbocycles. The highest BCUT2D eigenvalue weighted by molar-refractivity contribution is 5.89. The van der Waals surface area contributed by atoms with Gasteiger partial charge in [0, 0.05) is 38.6 Å². The lowest BCUT2D eigenvalue weighted by atomic mass is 9.79. The van der Waals surface area contributed by atoms with Crippen molar-refractivity contribution in [3.8, 4) is 5.75 Å². The Bertz CT molecular complexity index is 884. The van der Waals surface area contributed by atoms with Gasteiger partial charge in [0.25, 0.3) is 0 Å². The summed E-state index contributed by atoms with van der Waals surface area (Å²) in [6, 6.07) is 7.05. The number of carbonyl (C=O) groups is 3. The van der Waals surface area contributed by atoms with Gasteiger partial charge in [-0.25, -0.2) is 0 Å². The van der Waals surface area contributed by atoms with E-state index in [1.807, 2.05) is 29.2 Å². The van der Waals surface area contributed by atoms with Crippen molar-refractivity contribution >= 4 is 23.5 Å². The first-order chi connectivity index (χ1) is 14.8. The molecule has 1 aromatic rings. The van der Waals surface area contributed by atoms with Crippen LogP contribution in [0.15, 0.2) is 24.3 Å². The Kier molecular flexibility index (Phi) is 5.55. The summed E-state index contributed by atoms with van der Waals surface area (Å²) in [4.78, 5) is 42.8. The molecule has 3 fully saturated rings. The number of piperazine rings is 1. The van der Waals surface area contributed by atoms with Crippen LogP contribution in [0.1, 0.15) is 12.8 Å². The van der Waals surface area contributed by atoms with Crippen LogP contribution in [0.3, 0.4) is 0 Å². The summed E-state index contributed by atoms with van der Waals surface area (Å²) < 4.78 is 5.45. The van der Waals surface area contributed by atoms with E-state index in [2.05, 4.69) is 4.90 Å².